The molecule has 0 saturated carbocycles. The van der Waals surface area contributed by atoms with E-state index in [-0.39, 0.29) is 4.21 Å². The van der Waals surface area contributed by atoms with Gasteiger partial charge in [-0.2, -0.15) is 0 Å². The van der Waals surface area contributed by atoms with Crippen molar-refractivity contribution < 1.29 is 8.42 Å². The van der Waals surface area contributed by atoms with Crippen LogP contribution in [-0.4, -0.2) is 18.4 Å². The highest BCUT2D eigenvalue weighted by Gasteiger charge is 2.15. The Kier molecular flexibility index (Phi) is 4.50. The highest BCUT2D eigenvalue weighted by molar-refractivity contribution is 7.94. The largest absolute Gasteiger partial charge is 0.324 e. The summed E-state index contributed by atoms with van der Waals surface area (Å²) in [5, 5.41) is 4.82. The van der Waals surface area contributed by atoms with E-state index in [0.717, 1.165) is 11.4 Å². The van der Waals surface area contributed by atoms with Gasteiger partial charge in [0.25, 0.3) is 10.0 Å². The molecule has 3 aromatic rings. The Bertz CT molecular complexity index is 934. The van der Waals surface area contributed by atoms with Gasteiger partial charge in [0.1, 0.15) is 4.21 Å². The minimum Gasteiger partial charge on any atom is -0.324 e. The lowest BCUT2D eigenvalue weighted by Crippen LogP contribution is -2.11. The highest BCUT2D eigenvalue weighted by atomic mass is 32.2. The lowest BCUT2D eigenvalue weighted by atomic mass is 10.3. The smallest absolute Gasteiger partial charge is 0.271 e. The zero-order valence-corrected chi connectivity index (χ0v) is 14.8. The number of aromatic nitrogens is 2. The van der Waals surface area contributed by atoms with Gasteiger partial charge in [-0.1, -0.05) is 12.1 Å². The van der Waals surface area contributed by atoms with Crippen LogP contribution in [0.4, 0.5) is 17.3 Å². The molecular formula is C16H16N4O2S2. The maximum Gasteiger partial charge on any atom is 0.271 e. The van der Waals surface area contributed by atoms with Crippen molar-refractivity contribution in [1.29, 1.82) is 0 Å². The average Bonchev–Trinajstić information content (AvgIpc) is 3.01. The molecule has 8 heteroatoms. The summed E-state index contributed by atoms with van der Waals surface area (Å²) in [6.07, 6.45) is 0. The minimum absolute atomic E-state index is 0.276. The molecular weight excluding hydrogens is 344 g/mol. The Hall–Kier alpha value is -2.45. The lowest BCUT2D eigenvalue weighted by Gasteiger charge is -2.10. The second-order valence-electron chi connectivity index (χ2n) is 5.22. The van der Waals surface area contributed by atoms with Crippen LogP contribution in [0.1, 0.15) is 11.4 Å². The predicted octanol–water partition coefficient (Wildman–Crippen LogP) is 3.70. The quantitative estimate of drug-likeness (QED) is 0.725. The van der Waals surface area contributed by atoms with Crippen LogP contribution >= 0.6 is 11.3 Å². The van der Waals surface area contributed by atoms with Crippen molar-refractivity contribution in [1.82, 2.24) is 9.97 Å². The molecule has 6 nitrogen and oxygen atoms in total. The predicted molar refractivity (Wildman–Crippen MR) is 96.4 cm³/mol. The molecule has 0 saturated heterocycles. The number of anilines is 3. The lowest BCUT2D eigenvalue weighted by molar-refractivity contribution is 0.603. The number of thiophene rings is 1. The standard InChI is InChI=1S/C16H16N4O2S2/c1-11-9-12(2)18-16(17-11)19-13-5-3-6-14(10-13)20-24(21,22)15-7-4-8-23-15/h3-10,20H,1-2H3,(H,17,18,19). The Morgan fingerprint density at radius 1 is 0.958 bits per heavy atom. The Labute approximate surface area is 144 Å². The monoisotopic (exact) mass is 360 g/mol. The van der Waals surface area contributed by atoms with Gasteiger partial charge < -0.3 is 5.32 Å². The summed E-state index contributed by atoms with van der Waals surface area (Å²) in [5.41, 5.74) is 2.89. The molecule has 0 aliphatic rings. The fourth-order valence-corrected chi connectivity index (χ4v) is 4.24. The number of aryl methyl sites for hydroxylation is 2. The van der Waals surface area contributed by atoms with Crippen LogP contribution in [0.2, 0.25) is 0 Å². The van der Waals surface area contributed by atoms with Gasteiger partial charge in [-0.3, -0.25) is 4.72 Å². The molecule has 0 radical (unpaired) electrons. The van der Waals surface area contributed by atoms with Crippen LogP contribution < -0.4 is 10.0 Å². The van der Waals surface area contributed by atoms with Crippen molar-refractivity contribution in [2.45, 2.75) is 18.1 Å². The van der Waals surface area contributed by atoms with E-state index in [1.807, 2.05) is 26.0 Å². The molecule has 124 valence electrons. The molecule has 24 heavy (non-hydrogen) atoms. The molecule has 0 fully saturated rings. The number of hydrogen-bond donors (Lipinski definition) is 2. The number of rotatable bonds is 5. The molecule has 0 amide bonds. The normalized spacial score (nSPS) is 11.2. The first-order valence-electron chi connectivity index (χ1n) is 7.18. The van der Waals surface area contributed by atoms with Crippen molar-refractivity contribution in [3.05, 3.63) is 59.2 Å². The van der Waals surface area contributed by atoms with E-state index < -0.39 is 10.0 Å². The van der Waals surface area contributed by atoms with E-state index in [2.05, 4.69) is 20.0 Å². The maximum atomic E-state index is 12.3. The van der Waals surface area contributed by atoms with E-state index >= 15 is 0 Å². The molecule has 2 aromatic heterocycles. The molecule has 2 heterocycles. The van der Waals surface area contributed by atoms with E-state index in [9.17, 15) is 8.42 Å². The van der Waals surface area contributed by atoms with Crippen molar-refractivity contribution in [2.24, 2.45) is 0 Å². The van der Waals surface area contributed by atoms with Crippen LogP contribution in [0.3, 0.4) is 0 Å². The number of hydrogen-bond acceptors (Lipinski definition) is 6. The van der Waals surface area contributed by atoms with Crippen molar-refractivity contribution in [3.63, 3.8) is 0 Å². The maximum absolute atomic E-state index is 12.3. The van der Waals surface area contributed by atoms with Crippen molar-refractivity contribution in [2.75, 3.05) is 10.0 Å². The van der Waals surface area contributed by atoms with Crippen LogP contribution in [0.15, 0.2) is 52.1 Å². The van der Waals surface area contributed by atoms with Gasteiger partial charge in [0.2, 0.25) is 5.95 Å². The number of benzene rings is 1. The number of nitrogens with zero attached hydrogens (tertiary/aromatic N) is 2. The number of sulfonamides is 1. The van der Waals surface area contributed by atoms with E-state index in [1.54, 1.807) is 35.7 Å². The molecule has 3 rings (SSSR count). The summed E-state index contributed by atoms with van der Waals surface area (Å²) in [6, 6.07) is 12.1. The summed E-state index contributed by atoms with van der Waals surface area (Å²) >= 11 is 1.17. The summed E-state index contributed by atoms with van der Waals surface area (Å²) in [5.74, 6) is 0.478. The van der Waals surface area contributed by atoms with Gasteiger partial charge >= 0.3 is 0 Å². The molecule has 0 atom stereocenters. The van der Waals surface area contributed by atoms with Gasteiger partial charge in [0, 0.05) is 17.1 Å². The SMILES string of the molecule is Cc1cc(C)nc(Nc2cccc(NS(=O)(=O)c3cccs3)c2)n1. The van der Waals surface area contributed by atoms with Crippen molar-refractivity contribution >= 4 is 38.7 Å². The van der Waals surface area contributed by atoms with Crippen LogP contribution in [0.25, 0.3) is 0 Å². The Morgan fingerprint density at radius 2 is 1.67 bits per heavy atom. The summed E-state index contributed by atoms with van der Waals surface area (Å²) in [7, 11) is -3.56. The zero-order chi connectivity index (χ0) is 17.2. The fraction of sp³-hybridized carbons (Fsp3) is 0.125. The van der Waals surface area contributed by atoms with E-state index in [1.165, 1.54) is 11.3 Å². The third-order valence-corrected chi connectivity index (χ3v) is 5.89. The second kappa shape index (κ2) is 6.58. The molecule has 0 unspecified atom stereocenters. The van der Waals surface area contributed by atoms with Gasteiger partial charge in [-0.15, -0.1) is 11.3 Å². The first-order valence-corrected chi connectivity index (χ1v) is 9.54. The topological polar surface area (TPSA) is 84.0 Å². The average molecular weight is 360 g/mol. The minimum atomic E-state index is -3.56. The Morgan fingerprint density at radius 3 is 2.33 bits per heavy atom. The van der Waals surface area contributed by atoms with Crippen LogP contribution in [0.5, 0.6) is 0 Å². The van der Waals surface area contributed by atoms with Gasteiger partial charge in [0.15, 0.2) is 0 Å². The molecule has 0 bridgehead atoms. The van der Waals surface area contributed by atoms with Crippen LogP contribution in [-0.2, 0) is 10.0 Å². The van der Waals surface area contributed by atoms with Crippen LogP contribution in [0, 0.1) is 13.8 Å². The summed E-state index contributed by atoms with van der Waals surface area (Å²) in [4.78, 5) is 8.63. The van der Waals surface area contributed by atoms with E-state index in [0.29, 0.717) is 17.3 Å². The zero-order valence-electron chi connectivity index (χ0n) is 13.1. The summed E-state index contributed by atoms with van der Waals surface area (Å²) in [6.45, 7) is 3.79. The molecule has 2 N–H and O–H groups in total. The van der Waals surface area contributed by atoms with Gasteiger partial charge in [0.05, 0.1) is 5.69 Å². The fourth-order valence-electron chi connectivity index (χ4n) is 2.19. The molecule has 0 aliphatic heterocycles. The first-order chi connectivity index (χ1) is 11.4. The third-order valence-electron chi connectivity index (χ3n) is 3.11. The summed E-state index contributed by atoms with van der Waals surface area (Å²) < 4.78 is 27.4. The highest BCUT2D eigenvalue weighted by Crippen LogP contribution is 2.23. The molecule has 0 aliphatic carbocycles. The number of nitrogens with one attached hydrogen (secondary N) is 2. The van der Waals surface area contributed by atoms with Gasteiger partial charge in [-0.25, -0.2) is 18.4 Å². The second-order valence-corrected chi connectivity index (χ2v) is 8.07. The van der Waals surface area contributed by atoms with Gasteiger partial charge in [-0.05, 0) is 49.6 Å². The van der Waals surface area contributed by atoms with E-state index in [4.69, 9.17) is 0 Å². The Balaban J connectivity index is 1.82. The molecule has 1 aromatic carbocycles. The first kappa shape index (κ1) is 16.4. The third kappa shape index (κ3) is 3.90. The molecule has 0 spiro atoms. The van der Waals surface area contributed by atoms with Crippen molar-refractivity contribution in [3.8, 4) is 0 Å².